The maximum Gasteiger partial charge on any atom is 0.224 e. The lowest BCUT2D eigenvalue weighted by molar-refractivity contribution is -0.132. The molecule has 2 rings (SSSR count). The number of hydrogen-bond donors (Lipinski definition) is 0. The van der Waals surface area contributed by atoms with Crippen LogP contribution in [0.4, 0.5) is 0 Å². The van der Waals surface area contributed by atoms with Gasteiger partial charge in [-0.25, -0.2) is 0 Å². The standard InChI is InChI=1S/C20H31NO3S/c1-14(13-20(2,3)4)9-18(22)21-7-8-25-19(21)15-10-16(23-5)12-17(11-15)24-6/h10-12,14,19H,7-9,13H2,1-6H3. The molecule has 2 atom stereocenters. The summed E-state index contributed by atoms with van der Waals surface area (Å²) in [6, 6.07) is 5.87. The Kier molecular flexibility index (Phi) is 6.66. The summed E-state index contributed by atoms with van der Waals surface area (Å²) < 4.78 is 10.8. The monoisotopic (exact) mass is 365 g/mol. The molecule has 0 radical (unpaired) electrons. The van der Waals surface area contributed by atoms with Crippen molar-refractivity contribution in [2.45, 2.75) is 45.9 Å². The summed E-state index contributed by atoms with van der Waals surface area (Å²) in [7, 11) is 3.30. The zero-order chi connectivity index (χ0) is 18.6. The molecule has 5 heteroatoms. The number of nitrogens with zero attached hydrogens (tertiary/aromatic N) is 1. The molecule has 1 fully saturated rings. The Morgan fingerprint density at radius 2 is 1.84 bits per heavy atom. The number of ether oxygens (including phenoxy) is 2. The molecule has 0 aliphatic carbocycles. The summed E-state index contributed by atoms with van der Waals surface area (Å²) in [5.74, 6) is 3.11. The summed E-state index contributed by atoms with van der Waals surface area (Å²) in [6.07, 6.45) is 1.66. The topological polar surface area (TPSA) is 38.8 Å². The van der Waals surface area contributed by atoms with Gasteiger partial charge in [-0.3, -0.25) is 4.79 Å². The average molecular weight is 366 g/mol. The van der Waals surface area contributed by atoms with Crippen LogP contribution in [0.2, 0.25) is 0 Å². The van der Waals surface area contributed by atoms with E-state index < -0.39 is 0 Å². The Morgan fingerprint density at radius 1 is 1.24 bits per heavy atom. The van der Waals surface area contributed by atoms with Gasteiger partial charge in [0.25, 0.3) is 0 Å². The van der Waals surface area contributed by atoms with Crippen LogP contribution < -0.4 is 9.47 Å². The van der Waals surface area contributed by atoms with Crippen molar-refractivity contribution in [1.82, 2.24) is 4.90 Å². The first-order valence-electron chi connectivity index (χ1n) is 8.87. The third-order valence-corrected chi connectivity index (χ3v) is 5.61. The Labute approximate surface area is 156 Å². The fraction of sp³-hybridized carbons (Fsp3) is 0.650. The molecule has 0 bridgehead atoms. The van der Waals surface area contributed by atoms with Gasteiger partial charge in [0.2, 0.25) is 5.91 Å². The molecule has 0 aromatic heterocycles. The molecule has 1 saturated heterocycles. The van der Waals surface area contributed by atoms with Gasteiger partial charge in [0.15, 0.2) is 0 Å². The Bertz CT molecular complexity index is 575. The lowest BCUT2D eigenvalue weighted by Gasteiger charge is -2.28. The van der Waals surface area contributed by atoms with Crippen LogP contribution in [0, 0.1) is 11.3 Å². The molecule has 1 heterocycles. The molecule has 4 nitrogen and oxygen atoms in total. The highest BCUT2D eigenvalue weighted by Crippen LogP contribution is 2.41. The molecule has 1 aromatic rings. The molecule has 1 aliphatic rings. The van der Waals surface area contributed by atoms with Gasteiger partial charge >= 0.3 is 0 Å². The van der Waals surface area contributed by atoms with Crippen LogP contribution in [0.15, 0.2) is 18.2 Å². The third kappa shape index (κ3) is 5.56. The first kappa shape index (κ1) is 20.0. The second kappa shape index (κ2) is 8.35. The fourth-order valence-corrected chi connectivity index (χ4v) is 4.76. The minimum Gasteiger partial charge on any atom is -0.497 e. The molecule has 0 spiro atoms. The summed E-state index contributed by atoms with van der Waals surface area (Å²) >= 11 is 1.80. The molecule has 1 aliphatic heterocycles. The zero-order valence-electron chi connectivity index (χ0n) is 16.3. The summed E-state index contributed by atoms with van der Waals surface area (Å²) in [6.45, 7) is 9.66. The third-order valence-electron chi connectivity index (χ3n) is 4.35. The van der Waals surface area contributed by atoms with Crippen molar-refractivity contribution in [2.24, 2.45) is 11.3 Å². The lowest BCUT2D eigenvalue weighted by Crippen LogP contribution is -2.32. The van der Waals surface area contributed by atoms with Gasteiger partial charge in [0.1, 0.15) is 16.9 Å². The molecular weight excluding hydrogens is 334 g/mol. The van der Waals surface area contributed by atoms with Gasteiger partial charge in [0, 0.05) is 24.8 Å². The SMILES string of the molecule is COc1cc(OC)cc(C2SCCN2C(=O)CC(C)CC(C)(C)C)c1. The van der Waals surface area contributed by atoms with Gasteiger partial charge in [-0.05, 0) is 35.4 Å². The molecule has 2 unspecified atom stereocenters. The second-order valence-corrected chi connectivity index (χ2v) is 9.22. The van der Waals surface area contributed by atoms with E-state index in [0.29, 0.717) is 12.3 Å². The maximum absolute atomic E-state index is 12.9. The van der Waals surface area contributed by atoms with Crippen LogP contribution in [-0.2, 0) is 4.79 Å². The molecule has 1 amide bonds. The molecular formula is C20H31NO3S. The highest BCUT2D eigenvalue weighted by atomic mass is 32.2. The molecule has 25 heavy (non-hydrogen) atoms. The zero-order valence-corrected chi connectivity index (χ0v) is 17.1. The van der Waals surface area contributed by atoms with Gasteiger partial charge < -0.3 is 14.4 Å². The average Bonchev–Trinajstić information content (AvgIpc) is 3.02. The van der Waals surface area contributed by atoms with Crippen molar-refractivity contribution in [3.05, 3.63) is 23.8 Å². The minimum atomic E-state index is 0.0401. The van der Waals surface area contributed by atoms with E-state index in [9.17, 15) is 4.79 Å². The van der Waals surface area contributed by atoms with E-state index in [0.717, 1.165) is 35.8 Å². The molecule has 0 saturated carbocycles. The number of methoxy groups -OCH3 is 2. The number of rotatable bonds is 6. The Hall–Kier alpha value is -1.36. The van der Waals surface area contributed by atoms with Crippen LogP contribution in [-0.4, -0.2) is 37.3 Å². The number of carbonyl (C=O) groups is 1. The quantitative estimate of drug-likeness (QED) is 0.730. The first-order valence-corrected chi connectivity index (χ1v) is 9.92. The van der Waals surface area contributed by atoms with Gasteiger partial charge in [0.05, 0.1) is 14.2 Å². The Morgan fingerprint density at radius 3 is 2.36 bits per heavy atom. The van der Waals surface area contributed by atoms with E-state index in [1.165, 1.54) is 0 Å². The normalized spacial score (nSPS) is 19.0. The van der Waals surface area contributed by atoms with E-state index in [2.05, 4.69) is 27.7 Å². The van der Waals surface area contributed by atoms with Crippen LogP contribution in [0.1, 0.15) is 51.5 Å². The predicted octanol–water partition coefficient (Wildman–Crippen LogP) is 4.74. The number of benzene rings is 1. The minimum absolute atomic E-state index is 0.0401. The van der Waals surface area contributed by atoms with Crippen LogP contribution in [0.25, 0.3) is 0 Å². The molecule has 140 valence electrons. The number of thioether (sulfide) groups is 1. The maximum atomic E-state index is 12.9. The summed E-state index contributed by atoms with van der Waals surface area (Å²) in [5, 5.41) is 0.0401. The first-order chi connectivity index (χ1) is 11.7. The van der Waals surface area contributed by atoms with Gasteiger partial charge in [-0.2, -0.15) is 0 Å². The largest absolute Gasteiger partial charge is 0.497 e. The van der Waals surface area contributed by atoms with Crippen molar-refractivity contribution in [2.75, 3.05) is 26.5 Å². The van der Waals surface area contributed by atoms with Gasteiger partial charge in [-0.15, -0.1) is 11.8 Å². The lowest BCUT2D eigenvalue weighted by atomic mass is 9.84. The highest BCUT2D eigenvalue weighted by molar-refractivity contribution is 7.99. The van der Waals surface area contributed by atoms with Crippen LogP contribution in [0.3, 0.4) is 0 Å². The number of amides is 1. The van der Waals surface area contributed by atoms with Crippen molar-refractivity contribution in [1.29, 1.82) is 0 Å². The summed E-state index contributed by atoms with van der Waals surface area (Å²) in [5.41, 5.74) is 1.31. The second-order valence-electron chi connectivity index (χ2n) is 8.03. The van der Waals surface area contributed by atoms with E-state index in [1.54, 1.807) is 26.0 Å². The van der Waals surface area contributed by atoms with Crippen LogP contribution in [0.5, 0.6) is 11.5 Å². The smallest absolute Gasteiger partial charge is 0.224 e. The van der Waals surface area contributed by atoms with Crippen molar-refractivity contribution < 1.29 is 14.3 Å². The highest BCUT2D eigenvalue weighted by Gasteiger charge is 2.32. The fourth-order valence-electron chi connectivity index (χ4n) is 3.51. The van der Waals surface area contributed by atoms with Crippen LogP contribution >= 0.6 is 11.8 Å². The van der Waals surface area contributed by atoms with Crippen molar-refractivity contribution >= 4 is 17.7 Å². The van der Waals surface area contributed by atoms with Crippen molar-refractivity contribution in [3.63, 3.8) is 0 Å². The Balaban J connectivity index is 2.13. The van der Waals surface area contributed by atoms with Crippen molar-refractivity contribution in [3.8, 4) is 11.5 Å². The molecule has 1 aromatic carbocycles. The van der Waals surface area contributed by atoms with E-state index >= 15 is 0 Å². The van der Waals surface area contributed by atoms with E-state index in [1.807, 2.05) is 23.1 Å². The van der Waals surface area contributed by atoms with E-state index in [4.69, 9.17) is 9.47 Å². The molecule has 0 N–H and O–H groups in total. The van der Waals surface area contributed by atoms with Gasteiger partial charge in [-0.1, -0.05) is 27.7 Å². The van der Waals surface area contributed by atoms with E-state index in [-0.39, 0.29) is 16.7 Å². The number of hydrogen-bond acceptors (Lipinski definition) is 4. The number of carbonyl (C=O) groups excluding carboxylic acids is 1. The summed E-state index contributed by atoms with van der Waals surface area (Å²) in [4.78, 5) is 14.9. The predicted molar refractivity (Wildman–Crippen MR) is 104 cm³/mol.